The van der Waals surface area contributed by atoms with Crippen LogP contribution in [0, 0.1) is 0 Å². The molecule has 1 fully saturated rings. The monoisotopic (exact) mass is 425 g/mol. The van der Waals surface area contributed by atoms with Crippen molar-refractivity contribution in [2.45, 2.75) is 63.2 Å². The number of hydrogen-bond donors (Lipinski definition) is 4. The molecule has 0 amide bonds. The van der Waals surface area contributed by atoms with Crippen molar-refractivity contribution in [3.05, 3.63) is 20.8 Å². The number of nitrogens with one attached hydrogen (secondary N) is 1. The number of aryl methyl sites for hydroxylation is 1. The number of aliphatic hydroxyl groups is 2. The molecule has 3 rings (SSSR count). The van der Waals surface area contributed by atoms with Gasteiger partial charge in [-0.15, -0.1) is 0 Å². The second-order valence-corrected chi connectivity index (χ2v) is 6.69. The molecule has 0 spiro atoms. The number of nitrogen functional groups attached to an aromatic ring is 1. The van der Waals surface area contributed by atoms with E-state index in [-0.39, 0.29) is 17.7 Å². The molecule has 5 atom stereocenters. The fourth-order valence-corrected chi connectivity index (χ4v) is 3.27. The molecular formula is C15H19F4N5O5. The van der Waals surface area contributed by atoms with E-state index in [1.54, 1.807) is 0 Å². The van der Waals surface area contributed by atoms with Crippen molar-refractivity contribution in [1.29, 1.82) is 0 Å². The molecule has 1 aliphatic heterocycles. The maximum absolute atomic E-state index is 14.3. The SMILES string of the molecule is CCCCn1c(=O)n([C@@H]2O[C@H]([C@@H](O)C(F)(F)F)[C@H](F)[C@H]2O)c2nc(N)[nH]c(=O)c21. The molecule has 1 aliphatic rings. The van der Waals surface area contributed by atoms with E-state index >= 15 is 0 Å². The van der Waals surface area contributed by atoms with Crippen LogP contribution in [0.4, 0.5) is 23.5 Å². The van der Waals surface area contributed by atoms with Crippen molar-refractivity contribution in [1.82, 2.24) is 19.1 Å². The maximum atomic E-state index is 14.3. The largest absolute Gasteiger partial charge is 0.417 e. The Bertz CT molecular complexity index is 1020. The number of hydrogen-bond acceptors (Lipinski definition) is 7. The van der Waals surface area contributed by atoms with Crippen LogP contribution in [0.3, 0.4) is 0 Å². The molecule has 14 heteroatoms. The van der Waals surface area contributed by atoms with Crippen LogP contribution >= 0.6 is 0 Å². The predicted octanol–water partition coefficient (Wildman–Crippen LogP) is -0.212. The molecule has 0 unspecified atom stereocenters. The van der Waals surface area contributed by atoms with Gasteiger partial charge in [0.2, 0.25) is 5.95 Å². The number of nitrogens with zero attached hydrogens (tertiary/aromatic N) is 3. The first-order valence-corrected chi connectivity index (χ1v) is 8.72. The van der Waals surface area contributed by atoms with Gasteiger partial charge in [0.1, 0.15) is 12.2 Å². The van der Waals surface area contributed by atoms with Crippen molar-refractivity contribution in [2.24, 2.45) is 0 Å². The third-order valence-electron chi connectivity index (χ3n) is 4.70. The van der Waals surface area contributed by atoms with E-state index in [2.05, 4.69) is 9.97 Å². The minimum Gasteiger partial charge on any atom is -0.385 e. The number of rotatable bonds is 5. The highest BCUT2D eigenvalue weighted by atomic mass is 19.4. The molecule has 0 radical (unpaired) electrons. The van der Waals surface area contributed by atoms with Gasteiger partial charge in [0.15, 0.2) is 29.7 Å². The molecule has 0 bridgehead atoms. The van der Waals surface area contributed by atoms with E-state index in [0.29, 0.717) is 17.4 Å². The lowest BCUT2D eigenvalue weighted by atomic mass is 10.1. The first-order valence-electron chi connectivity index (χ1n) is 8.72. The van der Waals surface area contributed by atoms with Gasteiger partial charge in [-0.3, -0.25) is 14.3 Å². The summed E-state index contributed by atoms with van der Waals surface area (Å²) in [6.07, 6.45) is -16.7. The number of aromatic amines is 1. The zero-order valence-electron chi connectivity index (χ0n) is 15.1. The summed E-state index contributed by atoms with van der Waals surface area (Å²) in [6.45, 7) is 1.88. The van der Waals surface area contributed by atoms with Crippen LogP contribution in [0.1, 0.15) is 26.0 Å². The van der Waals surface area contributed by atoms with Crippen molar-refractivity contribution >= 4 is 17.1 Å². The van der Waals surface area contributed by atoms with E-state index < -0.39 is 54.1 Å². The van der Waals surface area contributed by atoms with Crippen LogP contribution in [0.25, 0.3) is 11.2 Å². The second-order valence-electron chi connectivity index (χ2n) is 6.69. The van der Waals surface area contributed by atoms with Gasteiger partial charge in [-0.1, -0.05) is 13.3 Å². The molecular weight excluding hydrogens is 406 g/mol. The summed E-state index contributed by atoms with van der Waals surface area (Å²) >= 11 is 0. The minimum atomic E-state index is -5.22. The number of imidazole rings is 1. The Balaban J connectivity index is 2.16. The van der Waals surface area contributed by atoms with Gasteiger partial charge < -0.3 is 20.7 Å². The number of fused-ring (bicyclic) bond motifs is 1. The number of unbranched alkanes of at least 4 members (excludes halogenated alkanes) is 1. The summed E-state index contributed by atoms with van der Waals surface area (Å²) in [5, 5.41) is 19.5. The lowest BCUT2D eigenvalue weighted by Gasteiger charge is -2.22. The van der Waals surface area contributed by atoms with E-state index in [1.807, 2.05) is 6.92 Å². The molecule has 2 aromatic rings. The summed E-state index contributed by atoms with van der Waals surface area (Å²) in [6, 6.07) is 0. The Hall–Kier alpha value is -2.45. The van der Waals surface area contributed by atoms with E-state index in [1.165, 1.54) is 0 Å². The first kappa shape index (κ1) is 21.3. The zero-order valence-corrected chi connectivity index (χ0v) is 15.1. The van der Waals surface area contributed by atoms with Gasteiger partial charge in [-0.2, -0.15) is 18.2 Å². The van der Waals surface area contributed by atoms with E-state index in [0.717, 1.165) is 4.57 Å². The van der Waals surface area contributed by atoms with Crippen molar-refractivity contribution in [3.8, 4) is 0 Å². The topological polar surface area (TPSA) is 148 Å². The van der Waals surface area contributed by atoms with Gasteiger partial charge in [0.05, 0.1) is 0 Å². The highest BCUT2D eigenvalue weighted by Gasteiger charge is 2.56. The third kappa shape index (κ3) is 3.51. The van der Waals surface area contributed by atoms with Gasteiger partial charge in [0, 0.05) is 6.54 Å². The maximum Gasteiger partial charge on any atom is 0.417 e. The van der Waals surface area contributed by atoms with E-state index in [4.69, 9.17) is 10.5 Å². The quantitative estimate of drug-likeness (QED) is 0.485. The van der Waals surface area contributed by atoms with Crippen LogP contribution in [-0.2, 0) is 11.3 Å². The molecule has 0 aromatic carbocycles. The number of H-pyrrole nitrogens is 1. The van der Waals surface area contributed by atoms with Gasteiger partial charge >= 0.3 is 11.9 Å². The molecule has 10 nitrogen and oxygen atoms in total. The number of aromatic nitrogens is 4. The summed E-state index contributed by atoms with van der Waals surface area (Å²) in [5.74, 6) is -0.403. The number of ether oxygens (including phenoxy) is 1. The molecule has 0 saturated carbocycles. The number of anilines is 1. The summed E-state index contributed by atoms with van der Waals surface area (Å²) in [5.41, 5.74) is 3.11. The van der Waals surface area contributed by atoms with Crippen LogP contribution in [0.15, 0.2) is 9.59 Å². The highest BCUT2D eigenvalue weighted by molar-refractivity contribution is 5.71. The Morgan fingerprint density at radius 2 is 2.03 bits per heavy atom. The Labute approximate surface area is 159 Å². The average Bonchev–Trinajstić information content (AvgIpc) is 3.06. The number of halogens is 4. The van der Waals surface area contributed by atoms with Crippen LogP contribution in [0.2, 0.25) is 0 Å². The molecule has 29 heavy (non-hydrogen) atoms. The molecule has 2 aromatic heterocycles. The Morgan fingerprint density at radius 3 is 2.62 bits per heavy atom. The molecule has 162 valence electrons. The standard InChI is InChI=1S/C15H19F4N5O5/c1-2-3-4-23-6-10(21-13(20)22-11(6)27)24(14(23)28)12-7(25)5(16)8(29-12)9(26)15(17,18)19/h5,7-9,12,25-26H,2-4H2,1H3,(H3,20,21,22,27)/t5-,7-,8+,9-,12-/m1/s1. The van der Waals surface area contributed by atoms with Crippen LogP contribution in [0.5, 0.6) is 0 Å². The van der Waals surface area contributed by atoms with Gasteiger partial charge in [0.25, 0.3) is 5.56 Å². The lowest BCUT2D eigenvalue weighted by molar-refractivity contribution is -0.241. The molecule has 0 aliphatic carbocycles. The van der Waals surface area contributed by atoms with Gasteiger partial charge in [-0.25, -0.2) is 13.8 Å². The predicted molar refractivity (Wildman–Crippen MR) is 90.8 cm³/mol. The average molecular weight is 425 g/mol. The second kappa shape index (κ2) is 7.42. The fourth-order valence-electron chi connectivity index (χ4n) is 3.27. The number of alkyl halides is 4. The van der Waals surface area contributed by atoms with Crippen LogP contribution < -0.4 is 17.0 Å². The molecule has 1 saturated heterocycles. The summed E-state index contributed by atoms with van der Waals surface area (Å²) in [4.78, 5) is 31.2. The van der Waals surface area contributed by atoms with Crippen molar-refractivity contribution in [3.63, 3.8) is 0 Å². The minimum absolute atomic E-state index is 0.0595. The lowest BCUT2D eigenvalue weighted by Crippen LogP contribution is -2.44. The number of aliphatic hydroxyl groups excluding tert-OH is 2. The van der Waals surface area contributed by atoms with Gasteiger partial charge in [-0.05, 0) is 6.42 Å². The van der Waals surface area contributed by atoms with E-state index in [9.17, 15) is 37.4 Å². The normalized spacial score (nSPS) is 26.3. The highest BCUT2D eigenvalue weighted by Crippen LogP contribution is 2.37. The Kier molecular flexibility index (Phi) is 5.44. The zero-order chi connectivity index (χ0) is 21.7. The summed E-state index contributed by atoms with van der Waals surface area (Å²) in [7, 11) is 0. The molecule has 3 heterocycles. The number of nitrogens with two attached hydrogens (primary N) is 1. The molecule has 5 N–H and O–H groups in total. The summed E-state index contributed by atoms with van der Waals surface area (Å²) < 4.78 is 59.2. The van der Waals surface area contributed by atoms with Crippen LogP contribution in [-0.4, -0.2) is 60.0 Å². The third-order valence-corrected chi connectivity index (χ3v) is 4.70. The van der Waals surface area contributed by atoms with Crippen molar-refractivity contribution in [2.75, 3.05) is 5.73 Å². The fraction of sp³-hybridized carbons (Fsp3) is 0.667. The van der Waals surface area contributed by atoms with Crippen molar-refractivity contribution < 1.29 is 32.5 Å². The first-order chi connectivity index (χ1) is 13.5. The smallest absolute Gasteiger partial charge is 0.385 e. The Morgan fingerprint density at radius 1 is 1.38 bits per heavy atom.